The predicted molar refractivity (Wildman–Crippen MR) is 69.6 cm³/mol. The first kappa shape index (κ1) is 12.6. The fourth-order valence-electron chi connectivity index (χ4n) is 2.16. The number of ketones is 1. The molecule has 1 saturated heterocycles. The number of benzene rings is 1. The van der Waals surface area contributed by atoms with Crippen molar-refractivity contribution in [1.82, 2.24) is 5.32 Å². The van der Waals surface area contributed by atoms with Crippen molar-refractivity contribution in [3.8, 4) is 0 Å². The molecule has 1 aliphatic rings. The third-order valence-electron chi connectivity index (χ3n) is 3.14. The summed E-state index contributed by atoms with van der Waals surface area (Å²) in [5.74, 6) is -0.0420. The van der Waals surface area contributed by atoms with Crippen molar-refractivity contribution in [2.24, 2.45) is 5.73 Å². The maximum absolute atomic E-state index is 11.7. The second kappa shape index (κ2) is 5.18. The lowest BCUT2D eigenvalue weighted by atomic mass is 10.1. The third kappa shape index (κ3) is 2.36. The number of Topliss-reactive ketones (excluding diaryl/α,β-unsaturated/α-hetero) is 1. The number of anilines is 1. The number of piperazine rings is 1. The zero-order valence-corrected chi connectivity index (χ0v) is 10.3. The average molecular weight is 247 g/mol. The topological polar surface area (TPSA) is 75.4 Å². The van der Waals surface area contributed by atoms with Crippen molar-refractivity contribution < 1.29 is 9.59 Å². The first-order valence-corrected chi connectivity index (χ1v) is 5.99. The summed E-state index contributed by atoms with van der Waals surface area (Å²) in [6, 6.07) is 6.94. The van der Waals surface area contributed by atoms with Gasteiger partial charge in [-0.3, -0.25) is 9.59 Å². The molecule has 96 valence electrons. The fraction of sp³-hybridized carbons (Fsp3) is 0.385. The molecular formula is C13H17N3O2. The molecule has 1 aliphatic heterocycles. The molecule has 5 heteroatoms. The minimum atomic E-state index is -0.360. The predicted octanol–water partition coefficient (Wildman–Crippen LogP) is 0.153. The van der Waals surface area contributed by atoms with Crippen molar-refractivity contribution in [3.05, 3.63) is 29.8 Å². The first-order valence-electron chi connectivity index (χ1n) is 5.99. The third-order valence-corrected chi connectivity index (χ3v) is 3.14. The highest BCUT2D eigenvalue weighted by Crippen LogP contribution is 2.20. The van der Waals surface area contributed by atoms with Gasteiger partial charge in [-0.25, -0.2) is 0 Å². The monoisotopic (exact) mass is 247 g/mol. The molecule has 18 heavy (non-hydrogen) atoms. The maximum Gasteiger partial charge on any atom is 0.244 e. The Balaban J connectivity index is 2.31. The van der Waals surface area contributed by atoms with E-state index in [2.05, 4.69) is 5.32 Å². The lowest BCUT2D eigenvalue weighted by Crippen LogP contribution is -2.58. The molecule has 1 aromatic carbocycles. The number of carbonyl (C=O) groups is 2. The van der Waals surface area contributed by atoms with Gasteiger partial charge in [0.25, 0.3) is 0 Å². The van der Waals surface area contributed by atoms with E-state index in [1.54, 1.807) is 6.07 Å². The van der Waals surface area contributed by atoms with Crippen LogP contribution >= 0.6 is 0 Å². The quantitative estimate of drug-likeness (QED) is 0.746. The summed E-state index contributed by atoms with van der Waals surface area (Å²) in [7, 11) is 0. The molecule has 1 amide bonds. The molecule has 0 bridgehead atoms. The van der Waals surface area contributed by atoms with E-state index < -0.39 is 0 Å². The second-order valence-electron chi connectivity index (χ2n) is 4.34. The Kier molecular flexibility index (Phi) is 3.62. The van der Waals surface area contributed by atoms with Crippen molar-refractivity contribution in [1.29, 1.82) is 0 Å². The zero-order chi connectivity index (χ0) is 13.1. The summed E-state index contributed by atoms with van der Waals surface area (Å²) in [5.41, 5.74) is 7.17. The highest BCUT2D eigenvalue weighted by molar-refractivity contribution is 5.95. The molecule has 1 unspecified atom stereocenters. The molecule has 1 heterocycles. The van der Waals surface area contributed by atoms with Crippen LogP contribution in [-0.4, -0.2) is 37.4 Å². The molecule has 0 aromatic heterocycles. The van der Waals surface area contributed by atoms with E-state index in [1.807, 2.05) is 23.1 Å². The van der Waals surface area contributed by atoms with Crippen LogP contribution in [0.4, 0.5) is 5.69 Å². The van der Waals surface area contributed by atoms with Gasteiger partial charge in [0, 0.05) is 30.9 Å². The molecule has 0 aliphatic carbocycles. The van der Waals surface area contributed by atoms with E-state index in [9.17, 15) is 9.59 Å². The van der Waals surface area contributed by atoms with E-state index in [4.69, 9.17) is 5.73 Å². The smallest absolute Gasteiger partial charge is 0.244 e. The van der Waals surface area contributed by atoms with Crippen molar-refractivity contribution in [2.75, 3.05) is 24.5 Å². The van der Waals surface area contributed by atoms with Gasteiger partial charge >= 0.3 is 0 Å². The normalized spacial score (nSPS) is 19.6. The van der Waals surface area contributed by atoms with E-state index in [1.165, 1.54) is 6.92 Å². The molecule has 1 atom stereocenters. The van der Waals surface area contributed by atoms with Crippen LogP contribution < -0.4 is 16.0 Å². The van der Waals surface area contributed by atoms with Gasteiger partial charge in [-0.15, -0.1) is 0 Å². The Morgan fingerprint density at radius 1 is 1.56 bits per heavy atom. The van der Waals surface area contributed by atoms with Crippen LogP contribution in [0.1, 0.15) is 17.3 Å². The second-order valence-corrected chi connectivity index (χ2v) is 4.34. The maximum atomic E-state index is 11.7. The van der Waals surface area contributed by atoms with Crippen molar-refractivity contribution in [2.45, 2.75) is 13.0 Å². The standard InChI is InChI=1S/C13H17N3O2/c1-9(17)10-3-2-4-11(7-10)16-6-5-15-13(18)12(16)8-14/h2-4,7,12H,5-6,8,14H2,1H3,(H,15,18). The number of hydrogen-bond donors (Lipinski definition) is 2. The molecule has 0 saturated carbocycles. The van der Waals surface area contributed by atoms with Crippen LogP contribution in [-0.2, 0) is 4.79 Å². The SMILES string of the molecule is CC(=O)c1cccc(N2CCNC(=O)C2CN)c1. The number of rotatable bonds is 3. The van der Waals surface area contributed by atoms with Gasteiger partial charge in [-0.2, -0.15) is 0 Å². The summed E-state index contributed by atoms with van der Waals surface area (Å²) in [4.78, 5) is 25.1. The number of nitrogens with one attached hydrogen (secondary N) is 1. The number of carbonyl (C=O) groups excluding carboxylic acids is 2. The van der Waals surface area contributed by atoms with Gasteiger partial charge in [-0.1, -0.05) is 12.1 Å². The van der Waals surface area contributed by atoms with Gasteiger partial charge < -0.3 is 16.0 Å². The number of hydrogen-bond acceptors (Lipinski definition) is 4. The molecular weight excluding hydrogens is 230 g/mol. The summed E-state index contributed by atoms with van der Waals surface area (Å²) in [5, 5.41) is 2.79. The zero-order valence-electron chi connectivity index (χ0n) is 10.3. The van der Waals surface area contributed by atoms with E-state index >= 15 is 0 Å². The molecule has 1 fully saturated rings. The Morgan fingerprint density at radius 2 is 2.33 bits per heavy atom. The Bertz CT molecular complexity index is 473. The van der Waals surface area contributed by atoms with Crippen LogP contribution in [0.3, 0.4) is 0 Å². The Morgan fingerprint density at radius 3 is 3.00 bits per heavy atom. The first-order chi connectivity index (χ1) is 8.63. The lowest BCUT2D eigenvalue weighted by molar-refractivity contribution is -0.123. The summed E-state index contributed by atoms with van der Waals surface area (Å²) >= 11 is 0. The van der Waals surface area contributed by atoms with E-state index in [0.29, 0.717) is 18.7 Å². The minimum Gasteiger partial charge on any atom is -0.357 e. The highest BCUT2D eigenvalue weighted by Gasteiger charge is 2.28. The van der Waals surface area contributed by atoms with Gasteiger partial charge in [0.2, 0.25) is 5.91 Å². The molecule has 3 N–H and O–H groups in total. The fourth-order valence-corrected chi connectivity index (χ4v) is 2.16. The molecule has 0 radical (unpaired) electrons. The summed E-state index contributed by atoms with van der Waals surface area (Å²) < 4.78 is 0. The number of nitrogens with zero attached hydrogens (tertiary/aromatic N) is 1. The van der Waals surface area contributed by atoms with E-state index in [0.717, 1.165) is 5.69 Å². The molecule has 1 aromatic rings. The molecule has 2 rings (SSSR count). The molecule has 0 spiro atoms. The largest absolute Gasteiger partial charge is 0.357 e. The molecule has 5 nitrogen and oxygen atoms in total. The van der Waals surface area contributed by atoms with Gasteiger partial charge in [0.05, 0.1) is 0 Å². The van der Waals surface area contributed by atoms with Crippen molar-refractivity contribution in [3.63, 3.8) is 0 Å². The van der Waals surface area contributed by atoms with Crippen molar-refractivity contribution >= 4 is 17.4 Å². The minimum absolute atomic E-state index is 0.0163. The average Bonchev–Trinajstić information content (AvgIpc) is 2.38. The summed E-state index contributed by atoms with van der Waals surface area (Å²) in [6.07, 6.45) is 0. The Labute approximate surface area is 106 Å². The van der Waals surface area contributed by atoms with Crippen LogP contribution in [0.5, 0.6) is 0 Å². The lowest BCUT2D eigenvalue weighted by Gasteiger charge is -2.36. The number of nitrogens with two attached hydrogens (primary N) is 1. The van der Waals surface area contributed by atoms with Crippen LogP contribution in [0.25, 0.3) is 0 Å². The summed E-state index contributed by atoms with van der Waals surface area (Å²) in [6.45, 7) is 3.09. The van der Waals surface area contributed by atoms with Crippen LogP contribution in [0.15, 0.2) is 24.3 Å². The van der Waals surface area contributed by atoms with E-state index in [-0.39, 0.29) is 24.3 Å². The number of amides is 1. The van der Waals surface area contributed by atoms with Gasteiger partial charge in [0.1, 0.15) is 6.04 Å². The van der Waals surface area contributed by atoms with Gasteiger partial charge in [0.15, 0.2) is 5.78 Å². The highest BCUT2D eigenvalue weighted by atomic mass is 16.2. The van der Waals surface area contributed by atoms with Crippen LogP contribution in [0.2, 0.25) is 0 Å². The van der Waals surface area contributed by atoms with Crippen LogP contribution in [0, 0.1) is 0 Å². The van der Waals surface area contributed by atoms with Gasteiger partial charge in [-0.05, 0) is 19.1 Å². The Hall–Kier alpha value is -1.88.